The first-order valence-electron chi connectivity index (χ1n) is 7.90. The van der Waals surface area contributed by atoms with Gasteiger partial charge in [-0.05, 0) is 25.1 Å². The molecule has 0 aliphatic heterocycles. The number of urea groups is 1. The first-order chi connectivity index (χ1) is 13.3. The van der Waals surface area contributed by atoms with Crippen molar-refractivity contribution in [2.24, 2.45) is 0 Å². The van der Waals surface area contributed by atoms with Gasteiger partial charge in [-0.25, -0.2) is 9.18 Å². The molecule has 148 valence electrons. The van der Waals surface area contributed by atoms with Crippen molar-refractivity contribution in [3.8, 4) is 17.1 Å². The number of benzene rings is 1. The van der Waals surface area contributed by atoms with Crippen LogP contribution in [-0.4, -0.2) is 17.8 Å². The number of aromatic nitrogens is 1. The predicted molar refractivity (Wildman–Crippen MR) is 89.4 cm³/mol. The maximum atomic E-state index is 14.2. The molecule has 7 nitrogen and oxygen atoms in total. The highest BCUT2D eigenvalue weighted by Crippen LogP contribution is 2.35. The van der Waals surface area contributed by atoms with Gasteiger partial charge in [0, 0.05) is 17.7 Å². The number of hydrogen-bond acceptors (Lipinski definition) is 5. The fraction of sp³-hybridized carbons (Fsp3) is 0.176. The Hall–Kier alpha value is -3.50. The molecule has 0 unspecified atom stereocenters. The van der Waals surface area contributed by atoms with Crippen molar-refractivity contribution in [1.82, 2.24) is 5.16 Å². The molecule has 2 aromatic heterocycles. The summed E-state index contributed by atoms with van der Waals surface area (Å²) in [6, 6.07) is 5.08. The molecule has 0 aliphatic carbocycles. The third kappa shape index (κ3) is 4.24. The maximum absolute atomic E-state index is 14.2. The van der Waals surface area contributed by atoms with E-state index in [-0.39, 0.29) is 18.0 Å². The van der Waals surface area contributed by atoms with Gasteiger partial charge in [-0.2, -0.15) is 13.2 Å². The molecular formula is C17H13F4N3O4. The van der Waals surface area contributed by atoms with Crippen molar-refractivity contribution in [1.29, 1.82) is 0 Å². The highest BCUT2D eigenvalue weighted by Gasteiger charge is 2.36. The van der Waals surface area contributed by atoms with Gasteiger partial charge in [0.15, 0.2) is 17.4 Å². The molecule has 0 bridgehead atoms. The van der Waals surface area contributed by atoms with Gasteiger partial charge in [0.2, 0.25) is 5.76 Å². The molecule has 0 radical (unpaired) electrons. The van der Waals surface area contributed by atoms with E-state index in [1.807, 2.05) is 0 Å². The van der Waals surface area contributed by atoms with Crippen LogP contribution in [0.25, 0.3) is 11.3 Å². The summed E-state index contributed by atoms with van der Waals surface area (Å²) in [7, 11) is 0. The van der Waals surface area contributed by atoms with Crippen LogP contribution in [-0.2, 0) is 6.18 Å². The zero-order chi connectivity index (χ0) is 20.3. The second-order valence-corrected chi connectivity index (χ2v) is 5.39. The number of ether oxygens (including phenoxy) is 1. The molecule has 3 aromatic rings. The molecule has 0 aliphatic rings. The first kappa shape index (κ1) is 19.3. The van der Waals surface area contributed by atoms with Crippen molar-refractivity contribution in [2.75, 3.05) is 17.2 Å². The Morgan fingerprint density at radius 1 is 1.25 bits per heavy atom. The average Bonchev–Trinajstić information content (AvgIpc) is 3.28. The molecule has 28 heavy (non-hydrogen) atoms. The number of nitrogens with zero attached hydrogens (tertiary/aromatic N) is 1. The van der Waals surface area contributed by atoms with Gasteiger partial charge in [0.05, 0.1) is 18.6 Å². The molecule has 1 aromatic carbocycles. The molecule has 0 saturated carbocycles. The van der Waals surface area contributed by atoms with E-state index in [1.165, 1.54) is 12.3 Å². The number of furan rings is 1. The Morgan fingerprint density at radius 2 is 2.04 bits per heavy atom. The minimum atomic E-state index is -4.74. The van der Waals surface area contributed by atoms with E-state index in [2.05, 4.69) is 20.3 Å². The highest BCUT2D eigenvalue weighted by molar-refractivity contribution is 6.01. The number of halogens is 4. The predicted octanol–water partition coefficient (Wildman–Crippen LogP) is 5.14. The Balaban J connectivity index is 1.83. The van der Waals surface area contributed by atoms with Crippen molar-refractivity contribution < 1.29 is 36.0 Å². The molecule has 0 fully saturated rings. The Labute approximate surface area is 155 Å². The van der Waals surface area contributed by atoms with Gasteiger partial charge in [0.1, 0.15) is 5.76 Å². The van der Waals surface area contributed by atoms with Crippen molar-refractivity contribution in [2.45, 2.75) is 13.1 Å². The topological polar surface area (TPSA) is 89.5 Å². The standard InChI is InChI=1S/C17H13F4N3O4/c1-2-26-13-6-9(12-4-3-5-27-12)11(7-10(13)18)22-16(25)23-15-8-14(28-24-15)17(19,20)21/h3-8H,2H2,1H3,(H2,22,23,24,25). The molecule has 2 N–H and O–H groups in total. The van der Waals surface area contributed by atoms with E-state index in [0.29, 0.717) is 17.4 Å². The average molecular weight is 399 g/mol. The van der Waals surface area contributed by atoms with E-state index < -0.39 is 29.6 Å². The normalized spacial score (nSPS) is 11.3. The van der Waals surface area contributed by atoms with Crippen LogP contribution in [0.3, 0.4) is 0 Å². The third-order valence-electron chi connectivity index (χ3n) is 3.44. The lowest BCUT2D eigenvalue weighted by atomic mass is 10.1. The first-order valence-corrected chi connectivity index (χ1v) is 7.90. The zero-order valence-corrected chi connectivity index (χ0v) is 14.3. The number of anilines is 2. The SMILES string of the molecule is CCOc1cc(-c2ccco2)c(NC(=O)Nc2cc(C(F)(F)F)on2)cc1F. The number of hydrogen-bond donors (Lipinski definition) is 2. The maximum Gasteiger partial charge on any atom is 0.452 e. The minimum Gasteiger partial charge on any atom is -0.491 e. The lowest BCUT2D eigenvalue weighted by molar-refractivity contribution is -0.155. The van der Waals surface area contributed by atoms with Crippen LogP contribution in [0.2, 0.25) is 0 Å². The van der Waals surface area contributed by atoms with Gasteiger partial charge < -0.3 is 19.0 Å². The number of rotatable bonds is 5. The van der Waals surface area contributed by atoms with Crippen molar-refractivity contribution in [3.63, 3.8) is 0 Å². The highest BCUT2D eigenvalue weighted by atomic mass is 19.4. The van der Waals surface area contributed by atoms with Crippen LogP contribution in [0.1, 0.15) is 12.7 Å². The van der Waals surface area contributed by atoms with Crippen molar-refractivity contribution >= 4 is 17.5 Å². The number of carbonyl (C=O) groups excluding carboxylic acids is 1. The van der Waals surface area contributed by atoms with Crippen LogP contribution in [0, 0.1) is 5.82 Å². The van der Waals surface area contributed by atoms with Crippen LogP contribution in [0.15, 0.2) is 45.5 Å². The fourth-order valence-corrected chi connectivity index (χ4v) is 2.30. The van der Waals surface area contributed by atoms with E-state index >= 15 is 0 Å². The van der Waals surface area contributed by atoms with E-state index in [4.69, 9.17) is 9.15 Å². The molecule has 0 spiro atoms. The smallest absolute Gasteiger partial charge is 0.452 e. The monoisotopic (exact) mass is 399 g/mol. The number of carbonyl (C=O) groups is 1. The summed E-state index contributed by atoms with van der Waals surface area (Å²) in [4.78, 5) is 12.1. The largest absolute Gasteiger partial charge is 0.491 e. The van der Waals surface area contributed by atoms with E-state index in [9.17, 15) is 22.4 Å². The summed E-state index contributed by atoms with van der Waals surface area (Å²) in [5, 5.41) is 7.53. The van der Waals surface area contributed by atoms with Crippen molar-refractivity contribution in [3.05, 3.63) is 48.2 Å². The number of amides is 2. The summed E-state index contributed by atoms with van der Waals surface area (Å²) < 4.78 is 66.3. The fourth-order valence-electron chi connectivity index (χ4n) is 2.30. The molecule has 3 rings (SSSR count). The second-order valence-electron chi connectivity index (χ2n) is 5.39. The number of alkyl halides is 3. The Kier molecular flexibility index (Phi) is 5.25. The van der Waals surface area contributed by atoms with Gasteiger partial charge in [-0.1, -0.05) is 5.16 Å². The zero-order valence-electron chi connectivity index (χ0n) is 14.3. The lowest BCUT2D eigenvalue weighted by Gasteiger charge is -2.13. The Bertz CT molecular complexity index is 967. The molecular weight excluding hydrogens is 386 g/mol. The molecule has 0 atom stereocenters. The summed E-state index contributed by atoms with van der Waals surface area (Å²) in [5.74, 6) is -2.31. The lowest BCUT2D eigenvalue weighted by Crippen LogP contribution is -2.20. The summed E-state index contributed by atoms with van der Waals surface area (Å²) in [6.45, 7) is 1.90. The summed E-state index contributed by atoms with van der Waals surface area (Å²) in [6.07, 6.45) is -3.36. The number of nitrogens with one attached hydrogen (secondary N) is 2. The summed E-state index contributed by atoms with van der Waals surface area (Å²) >= 11 is 0. The molecule has 0 saturated heterocycles. The van der Waals surface area contributed by atoms with E-state index in [1.54, 1.807) is 19.1 Å². The van der Waals surface area contributed by atoms with Crippen LogP contribution < -0.4 is 15.4 Å². The Morgan fingerprint density at radius 3 is 2.64 bits per heavy atom. The third-order valence-corrected chi connectivity index (χ3v) is 3.44. The van der Waals surface area contributed by atoms with Gasteiger partial charge in [0.25, 0.3) is 0 Å². The molecule has 2 heterocycles. The second kappa shape index (κ2) is 7.62. The molecule has 2 amide bonds. The van der Waals surface area contributed by atoms with Gasteiger partial charge in [-0.3, -0.25) is 5.32 Å². The summed E-state index contributed by atoms with van der Waals surface area (Å²) in [5.41, 5.74) is 0.314. The van der Waals surface area contributed by atoms with Crippen LogP contribution in [0.4, 0.5) is 33.9 Å². The molecule has 11 heteroatoms. The van der Waals surface area contributed by atoms with Crippen LogP contribution in [0.5, 0.6) is 5.75 Å². The quantitative estimate of drug-likeness (QED) is 0.580. The van der Waals surface area contributed by atoms with E-state index in [0.717, 1.165) is 6.07 Å². The minimum absolute atomic E-state index is 0.00735. The van der Waals surface area contributed by atoms with Crippen LogP contribution >= 0.6 is 0 Å². The van der Waals surface area contributed by atoms with Gasteiger partial charge >= 0.3 is 12.2 Å². The van der Waals surface area contributed by atoms with Gasteiger partial charge in [-0.15, -0.1) is 0 Å².